The predicted octanol–water partition coefficient (Wildman–Crippen LogP) is 4.05. The number of ether oxygens (including phenoxy) is 3. The van der Waals surface area contributed by atoms with Crippen molar-refractivity contribution in [2.45, 2.75) is 11.5 Å². The molecule has 0 spiro atoms. The van der Waals surface area contributed by atoms with Gasteiger partial charge in [0, 0.05) is 10.5 Å². The van der Waals surface area contributed by atoms with Crippen molar-refractivity contribution in [3.63, 3.8) is 0 Å². The van der Waals surface area contributed by atoms with Crippen molar-refractivity contribution in [2.24, 2.45) is 0 Å². The minimum absolute atomic E-state index is 0.207. The summed E-state index contributed by atoms with van der Waals surface area (Å²) in [6, 6.07) is 13.3. The lowest BCUT2D eigenvalue weighted by Crippen LogP contribution is -1.95. The number of aromatic nitrogens is 2. The van der Waals surface area contributed by atoms with Crippen molar-refractivity contribution in [3.05, 3.63) is 48.4 Å². The molecule has 3 rings (SSSR count). The minimum atomic E-state index is 0.207. The third-order valence-electron chi connectivity index (χ3n) is 3.53. The van der Waals surface area contributed by atoms with Crippen molar-refractivity contribution < 1.29 is 18.7 Å². The van der Waals surface area contributed by atoms with Gasteiger partial charge in [-0.25, -0.2) is 0 Å². The molecular formula is C18H18N2O4S. The van der Waals surface area contributed by atoms with Crippen molar-refractivity contribution in [1.29, 1.82) is 0 Å². The van der Waals surface area contributed by atoms with E-state index in [1.54, 1.807) is 38.1 Å². The minimum Gasteiger partial charge on any atom is -0.493 e. The molecule has 0 fully saturated rings. The van der Waals surface area contributed by atoms with Crippen LogP contribution in [0.1, 0.15) is 5.89 Å². The Morgan fingerprint density at radius 1 is 1.00 bits per heavy atom. The first-order valence-electron chi connectivity index (χ1n) is 7.55. The molecule has 0 aliphatic carbocycles. The van der Waals surface area contributed by atoms with Crippen LogP contribution < -0.4 is 14.2 Å². The molecule has 0 atom stereocenters. The Labute approximate surface area is 150 Å². The van der Waals surface area contributed by atoms with Gasteiger partial charge in [0.2, 0.25) is 5.82 Å². The lowest BCUT2D eigenvalue weighted by Gasteiger charge is -2.07. The third-order valence-corrected chi connectivity index (χ3v) is 4.28. The standard InChI is InChI=1S/C18H18N2O4S/c1-21-15-9-4-12(10-16(15)22-2)18-19-17(24-20-18)11-23-13-5-7-14(25-3)8-6-13/h4-10H,11H2,1-3H3. The Kier molecular flexibility index (Phi) is 5.45. The fourth-order valence-corrected chi connectivity index (χ4v) is 2.63. The van der Waals surface area contributed by atoms with Crippen LogP contribution in [0.5, 0.6) is 17.2 Å². The number of methoxy groups -OCH3 is 2. The highest BCUT2D eigenvalue weighted by Gasteiger charge is 2.12. The van der Waals surface area contributed by atoms with Gasteiger partial charge in [-0.15, -0.1) is 11.8 Å². The van der Waals surface area contributed by atoms with Crippen molar-refractivity contribution in [3.8, 4) is 28.6 Å². The summed E-state index contributed by atoms with van der Waals surface area (Å²) in [5.74, 6) is 2.88. The molecule has 2 aromatic carbocycles. The van der Waals surface area contributed by atoms with Crippen LogP contribution in [-0.2, 0) is 6.61 Å². The fraction of sp³-hybridized carbons (Fsp3) is 0.222. The molecule has 0 saturated carbocycles. The highest BCUT2D eigenvalue weighted by molar-refractivity contribution is 7.98. The number of hydrogen-bond acceptors (Lipinski definition) is 7. The Morgan fingerprint density at radius 2 is 1.76 bits per heavy atom. The zero-order valence-corrected chi connectivity index (χ0v) is 15.0. The first kappa shape index (κ1) is 17.2. The maximum atomic E-state index is 5.67. The maximum Gasteiger partial charge on any atom is 0.264 e. The van der Waals surface area contributed by atoms with Gasteiger partial charge in [-0.3, -0.25) is 0 Å². The molecule has 1 heterocycles. The van der Waals surface area contributed by atoms with Gasteiger partial charge in [0.05, 0.1) is 14.2 Å². The zero-order chi connectivity index (χ0) is 17.6. The third kappa shape index (κ3) is 4.06. The molecule has 0 aliphatic rings. The van der Waals surface area contributed by atoms with Gasteiger partial charge in [0.25, 0.3) is 5.89 Å². The van der Waals surface area contributed by atoms with Crippen LogP contribution in [0, 0.1) is 0 Å². The number of hydrogen-bond donors (Lipinski definition) is 0. The zero-order valence-electron chi connectivity index (χ0n) is 14.2. The smallest absolute Gasteiger partial charge is 0.264 e. The average molecular weight is 358 g/mol. The first-order valence-corrected chi connectivity index (χ1v) is 8.78. The van der Waals surface area contributed by atoms with E-state index in [0.29, 0.717) is 23.2 Å². The van der Waals surface area contributed by atoms with Gasteiger partial charge >= 0.3 is 0 Å². The number of thioether (sulfide) groups is 1. The van der Waals surface area contributed by atoms with Crippen LogP contribution in [0.3, 0.4) is 0 Å². The predicted molar refractivity (Wildman–Crippen MR) is 95.4 cm³/mol. The summed E-state index contributed by atoms with van der Waals surface area (Å²) in [6.45, 7) is 0.207. The van der Waals surface area contributed by atoms with Crippen LogP contribution in [0.2, 0.25) is 0 Å². The number of rotatable bonds is 7. The first-order chi connectivity index (χ1) is 12.2. The highest BCUT2D eigenvalue weighted by Crippen LogP contribution is 2.31. The monoisotopic (exact) mass is 358 g/mol. The van der Waals surface area contributed by atoms with Crippen LogP contribution in [0.15, 0.2) is 51.9 Å². The normalized spacial score (nSPS) is 10.5. The molecule has 0 unspecified atom stereocenters. The molecule has 0 bridgehead atoms. The van der Waals surface area contributed by atoms with E-state index in [4.69, 9.17) is 18.7 Å². The lowest BCUT2D eigenvalue weighted by molar-refractivity contribution is 0.243. The molecule has 0 N–H and O–H groups in total. The van der Waals surface area contributed by atoms with Gasteiger partial charge in [0.1, 0.15) is 5.75 Å². The summed E-state index contributed by atoms with van der Waals surface area (Å²) in [6.07, 6.45) is 2.03. The van der Waals surface area contributed by atoms with Gasteiger partial charge in [0.15, 0.2) is 18.1 Å². The van der Waals surface area contributed by atoms with Gasteiger partial charge in [-0.05, 0) is 48.7 Å². The van der Waals surface area contributed by atoms with Crippen LogP contribution in [0.4, 0.5) is 0 Å². The van der Waals surface area contributed by atoms with E-state index in [0.717, 1.165) is 11.3 Å². The molecule has 1 aromatic heterocycles. The van der Waals surface area contributed by atoms with E-state index >= 15 is 0 Å². The van der Waals surface area contributed by atoms with Crippen LogP contribution in [0.25, 0.3) is 11.4 Å². The van der Waals surface area contributed by atoms with Gasteiger partial charge < -0.3 is 18.7 Å². The number of nitrogens with zero attached hydrogens (tertiary/aromatic N) is 2. The Morgan fingerprint density at radius 3 is 2.44 bits per heavy atom. The molecule has 3 aromatic rings. The van der Waals surface area contributed by atoms with E-state index in [1.807, 2.05) is 36.6 Å². The molecule has 0 saturated heterocycles. The van der Waals surface area contributed by atoms with Crippen LogP contribution in [-0.4, -0.2) is 30.6 Å². The van der Waals surface area contributed by atoms with E-state index < -0.39 is 0 Å². The summed E-state index contributed by atoms with van der Waals surface area (Å²) >= 11 is 1.68. The van der Waals surface area contributed by atoms with E-state index in [2.05, 4.69) is 10.1 Å². The molecule has 130 valence electrons. The van der Waals surface area contributed by atoms with Gasteiger partial charge in [-0.2, -0.15) is 4.98 Å². The SMILES string of the molecule is COc1ccc(-c2noc(COc3ccc(SC)cc3)n2)cc1OC. The summed E-state index contributed by atoms with van der Waals surface area (Å²) in [5, 5.41) is 3.99. The molecule has 25 heavy (non-hydrogen) atoms. The fourth-order valence-electron chi connectivity index (χ4n) is 2.22. The largest absolute Gasteiger partial charge is 0.493 e. The summed E-state index contributed by atoms with van der Waals surface area (Å²) in [5.41, 5.74) is 0.775. The molecule has 0 aliphatic heterocycles. The van der Waals surface area contributed by atoms with Crippen molar-refractivity contribution >= 4 is 11.8 Å². The molecule has 7 heteroatoms. The summed E-state index contributed by atoms with van der Waals surface area (Å²) in [7, 11) is 3.17. The lowest BCUT2D eigenvalue weighted by atomic mass is 10.2. The van der Waals surface area contributed by atoms with E-state index in [9.17, 15) is 0 Å². The Hall–Kier alpha value is -2.67. The average Bonchev–Trinajstić information content (AvgIpc) is 3.15. The summed E-state index contributed by atoms with van der Waals surface area (Å²) < 4.78 is 21.4. The highest BCUT2D eigenvalue weighted by atomic mass is 32.2. The molecule has 6 nitrogen and oxygen atoms in total. The second-order valence-corrected chi connectivity index (χ2v) is 5.93. The van der Waals surface area contributed by atoms with Gasteiger partial charge in [-0.1, -0.05) is 5.16 Å². The quantitative estimate of drug-likeness (QED) is 0.590. The Bertz CT molecular complexity index is 833. The van der Waals surface area contributed by atoms with Crippen molar-refractivity contribution in [1.82, 2.24) is 10.1 Å². The maximum absolute atomic E-state index is 5.67. The van der Waals surface area contributed by atoms with E-state index in [1.165, 1.54) is 4.90 Å². The van der Waals surface area contributed by atoms with E-state index in [-0.39, 0.29) is 6.61 Å². The molecule has 0 amide bonds. The second-order valence-electron chi connectivity index (χ2n) is 5.05. The summed E-state index contributed by atoms with van der Waals surface area (Å²) in [4.78, 5) is 5.54. The Balaban J connectivity index is 1.69. The number of benzene rings is 2. The molecular weight excluding hydrogens is 340 g/mol. The van der Waals surface area contributed by atoms with Crippen LogP contribution >= 0.6 is 11.8 Å². The second kappa shape index (κ2) is 7.94. The van der Waals surface area contributed by atoms with Crippen molar-refractivity contribution in [2.75, 3.05) is 20.5 Å². The topological polar surface area (TPSA) is 66.6 Å². The molecule has 0 radical (unpaired) electrons.